The van der Waals surface area contributed by atoms with Gasteiger partial charge < -0.3 is 0 Å². The third kappa shape index (κ3) is 5.24. The number of thiazole rings is 1. The molecular weight excluding hydrogens is 358 g/mol. The number of nitrogens with one attached hydrogen (secondary N) is 1. The molecule has 0 radical (unpaired) electrons. The molecule has 0 atom stereocenters. The molecule has 1 amide bonds. The number of carbonyl (C=O) groups excluding carboxylic acids is 1. The van der Waals surface area contributed by atoms with Gasteiger partial charge in [0.15, 0.2) is 0 Å². The Kier molecular flexibility index (Phi) is 5.66. The largest absolute Gasteiger partial charge is 0.437 e. The van der Waals surface area contributed by atoms with Crippen LogP contribution in [0.15, 0.2) is 65.1 Å². The lowest BCUT2D eigenvalue weighted by molar-refractivity contribution is 0.167. The topological polar surface area (TPSA) is 63.6 Å². The summed E-state index contributed by atoms with van der Waals surface area (Å²) in [6.45, 7) is 6.46. The molecular formula is C21H21N3O2S. The van der Waals surface area contributed by atoms with Crippen molar-refractivity contribution in [2.75, 3.05) is 5.32 Å². The van der Waals surface area contributed by atoms with Crippen molar-refractivity contribution in [1.29, 1.82) is 0 Å². The summed E-state index contributed by atoms with van der Waals surface area (Å²) in [5.41, 5.74) is 3.67. The summed E-state index contributed by atoms with van der Waals surface area (Å²) in [6, 6.07) is 16.9. The zero-order valence-corrected chi connectivity index (χ0v) is 16.3. The summed E-state index contributed by atoms with van der Waals surface area (Å²) in [7, 11) is 0. The van der Waals surface area contributed by atoms with E-state index in [1.54, 1.807) is 23.5 Å². The van der Waals surface area contributed by atoms with E-state index < -0.39 is 6.09 Å². The molecule has 0 aliphatic heterocycles. The molecule has 3 rings (SSSR count). The standard InChI is InChI=1S/C21H21N3O2S/c1-21(2,3)18-14-27-19(24-18)16-11-9-15(10-12-16)13-22-26-20(25)23-17-7-5-4-6-8-17/h4-14H,1-3H3,(H,23,25)/b22-13+. The Morgan fingerprint density at radius 1 is 1.11 bits per heavy atom. The molecule has 0 bridgehead atoms. The average molecular weight is 379 g/mol. The fourth-order valence-electron chi connectivity index (χ4n) is 2.26. The van der Waals surface area contributed by atoms with Crippen LogP contribution in [0.5, 0.6) is 0 Å². The maximum atomic E-state index is 11.7. The zero-order chi connectivity index (χ0) is 19.3. The Balaban J connectivity index is 1.58. The molecule has 1 heterocycles. The lowest BCUT2D eigenvalue weighted by Crippen LogP contribution is -2.11. The number of para-hydroxylation sites is 1. The molecule has 3 aromatic rings. The van der Waals surface area contributed by atoms with E-state index in [1.165, 1.54) is 6.21 Å². The molecule has 0 saturated heterocycles. The lowest BCUT2D eigenvalue weighted by Gasteiger charge is -2.14. The van der Waals surface area contributed by atoms with E-state index in [4.69, 9.17) is 9.82 Å². The van der Waals surface area contributed by atoms with Crippen LogP contribution in [0.3, 0.4) is 0 Å². The van der Waals surface area contributed by atoms with Crippen molar-refractivity contribution in [3.05, 3.63) is 71.2 Å². The molecule has 1 N–H and O–H groups in total. The maximum absolute atomic E-state index is 11.7. The van der Waals surface area contributed by atoms with E-state index in [9.17, 15) is 4.79 Å². The number of hydrogen-bond donors (Lipinski definition) is 1. The predicted molar refractivity (Wildman–Crippen MR) is 110 cm³/mol. The predicted octanol–water partition coefficient (Wildman–Crippen LogP) is 5.69. The van der Waals surface area contributed by atoms with Crippen molar-refractivity contribution < 1.29 is 9.63 Å². The number of benzene rings is 2. The van der Waals surface area contributed by atoms with Gasteiger partial charge in [0.1, 0.15) is 5.01 Å². The van der Waals surface area contributed by atoms with Crippen LogP contribution in [-0.2, 0) is 10.3 Å². The molecule has 0 spiro atoms. The summed E-state index contributed by atoms with van der Waals surface area (Å²) in [5.74, 6) is 0. The maximum Gasteiger partial charge on any atom is 0.437 e. The van der Waals surface area contributed by atoms with Crippen LogP contribution >= 0.6 is 11.3 Å². The molecule has 2 aromatic carbocycles. The third-order valence-electron chi connectivity index (χ3n) is 3.79. The van der Waals surface area contributed by atoms with Crippen molar-refractivity contribution in [2.24, 2.45) is 5.16 Å². The van der Waals surface area contributed by atoms with Crippen LogP contribution in [-0.4, -0.2) is 17.3 Å². The van der Waals surface area contributed by atoms with Gasteiger partial charge in [-0.25, -0.2) is 9.78 Å². The van der Waals surface area contributed by atoms with Crippen LogP contribution in [0.1, 0.15) is 32.0 Å². The number of hydrogen-bond acceptors (Lipinski definition) is 5. The monoisotopic (exact) mass is 379 g/mol. The van der Waals surface area contributed by atoms with E-state index in [0.717, 1.165) is 21.8 Å². The number of aromatic nitrogens is 1. The quantitative estimate of drug-likeness (QED) is 0.360. The van der Waals surface area contributed by atoms with Gasteiger partial charge in [-0.15, -0.1) is 11.3 Å². The molecule has 0 aliphatic carbocycles. The van der Waals surface area contributed by atoms with E-state index in [0.29, 0.717) is 5.69 Å². The van der Waals surface area contributed by atoms with Crippen molar-refractivity contribution in [2.45, 2.75) is 26.2 Å². The van der Waals surface area contributed by atoms with Crippen molar-refractivity contribution >= 4 is 29.3 Å². The highest BCUT2D eigenvalue weighted by Crippen LogP contribution is 2.29. The van der Waals surface area contributed by atoms with Crippen molar-refractivity contribution in [1.82, 2.24) is 4.98 Å². The van der Waals surface area contributed by atoms with Gasteiger partial charge in [-0.05, 0) is 17.7 Å². The van der Waals surface area contributed by atoms with Gasteiger partial charge in [-0.3, -0.25) is 10.2 Å². The first kappa shape index (κ1) is 18.8. The number of amides is 1. The molecule has 0 fully saturated rings. The van der Waals surface area contributed by atoms with Crippen LogP contribution in [0.4, 0.5) is 10.5 Å². The first-order valence-electron chi connectivity index (χ1n) is 8.55. The van der Waals surface area contributed by atoms with Crippen LogP contribution in [0.25, 0.3) is 10.6 Å². The minimum atomic E-state index is -0.633. The normalized spacial score (nSPS) is 11.5. The van der Waals surface area contributed by atoms with Crippen LogP contribution in [0, 0.1) is 0 Å². The Morgan fingerprint density at radius 3 is 2.44 bits per heavy atom. The number of rotatable bonds is 4. The molecule has 0 aliphatic rings. The highest BCUT2D eigenvalue weighted by atomic mass is 32.1. The Hall–Kier alpha value is -2.99. The van der Waals surface area contributed by atoms with E-state index in [2.05, 4.69) is 36.6 Å². The Bertz CT molecular complexity index is 926. The Labute approximate surface area is 162 Å². The summed E-state index contributed by atoms with van der Waals surface area (Å²) < 4.78 is 0. The highest BCUT2D eigenvalue weighted by Gasteiger charge is 2.17. The minimum absolute atomic E-state index is 0.0407. The fraction of sp³-hybridized carbons (Fsp3) is 0.190. The fourth-order valence-corrected chi connectivity index (χ4v) is 3.31. The van der Waals surface area contributed by atoms with Gasteiger partial charge in [-0.1, -0.05) is 68.4 Å². The Morgan fingerprint density at radius 2 is 1.81 bits per heavy atom. The van der Waals surface area contributed by atoms with E-state index in [1.807, 2.05) is 42.5 Å². The second kappa shape index (κ2) is 8.14. The van der Waals surface area contributed by atoms with Gasteiger partial charge >= 0.3 is 6.09 Å². The van der Waals surface area contributed by atoms with Gasteiger partial charge in [0, 0.05) is 22.0 Å². The first-order valence-corrected chi connectivity index (χ1v) is 9.43. The summed E-state index contributed by atoms with van der Waals surface area (Å²) >= 11 is 1.64. The highest BCUT2D eigenvalue weighted by molar-refractivity contribution is 7.13. The van der Waals surface area contributed by atoms with E-state index in [-0.39, 0.29) is 5.41 Å². The van der Waals surface area contributed by atoms with Crippen LogP contribution < -0.4 is 5.32 Å². The van der Waals surface area contributed by atoms with Gasteiger partial charge in [0.25, 0.3) is 0 Å². The van der Waals surface area contributed by atoms with E-state index >= 15 is 0 Å². The van der Waals surface area contributed by atoms with Crippen molar-refractivity contribution in [3.8, 4) is 10.6 Å². The third-order valence-corrected chi connectivity index (χ3v) is 4.68. The molecule has 0 unspecified atom stereocenters. The molecule has 27 heavy (non-hydrogen) atoms. The number of anilines is 1. The molecule has 138 valence electrons. The minimum Gasteiger partial charge on any atom is -0.298 e. The molecule has 5 nitrogen and oxygen atoms in total. The number of oxime groups is 1. The smallest absolute Gasteiger partial charge is 0.298 e. The van der Waals surface area contributed by atoms with Gasteiger partial charge in [0.2, 0.25) is 0 Å². The number of nitrogens with zero attached hydrogens (tertiary/aromatic N) is 2. The summed E-state index contributed by atoms with van der Waals surface area (Å²) in [6.07, 6.45) is 0.864. The summed E-state index contributed by atoms with van der Waals surface area (Å²) in [4.78, 5) is 21.2. The second-order valence-corrected chi connectivity index (χ2v) is 7.87. The number of carbonyl (C=O) groups is 1. The molecule has 0 saturated carbocycles. The lowest BCUT2D eigenvalue weighted by atomic mass is 9.93. The van der Waals surface area contributed by atoms with Gasteiger partial charge in [0.05, 0.1) is 11.9 Å². The molecule has 1 aromatic heterocycles. The first-order chi connectivity index (χ1) is 12.9. The SMILES string of the molecule is CC(C)(C)c1csc(-c2ccc(/C=N/OC(=O)Nc3ccccc3)cc2)n1. The van der Waals surface area contributed by atoms with Crippen molar-refractivity contribution in [3.63, 3.8) is 0 Å². The zero-order valence-electron chi connectivity index (χ0n) is 15.5. The average Bonchev–Trinajstić information content (AvgIpc) is 3.14. The second-order valence-electron chi connectivity index (χ2n) is 7.01. The summed E-state index contributed by atoms with van der Waals surface area (Å²) in [5, 5.41) is 9.41. The van der Waals surface area contributed by atoms with Crippen LogP contribution in [0.2, 0.25) is 0 Å². The molecule has 6 heteroatoms. The van der Waals surface area contributed by atoms with Gasteiger partial charge in [-0.2, -0.15) is 0 Å².